The van der Waals surface area contributed by atoms with Crippen LogP contribution >= 0.6 is 12.2 Å². The summed E-state index contributed by atoms with van der Waals surface area (Å²) in [6.45, 7) is 3.93. The van der Waals surface area contributed by atoms with Gasteiger partial charge in [-0.25, -0.2) is 0 Å². The minimum Gasteiger partial charge on any atom is -0.359 e. The fourth-order valence-electron chi connectivity index (χ4n) is 1.61. The van der Waals surface area contributed by atoms with Crippen LogP contribution in [0.2, 0.25) is 0 Å². The summed E-state index contributed by atoms with van der Waals surface area (Å²) in [4.78, 5) is 33.4. The van der Waals surface area contributed by atoms with Crippen molar-refractivity contribution in [1.82, 2.24) is 21.5 Å². The highest BCUT2D eigenvalue weighted by Gasteiger charge is 2.10. The highest BCUT2D eigenvalue weighted by Crippen LogP contribution is 2.11. The predicted octanol–water partition coefficient (Wildman–Crippen LogP) is 0.618. The number of nitrogens with zero attached hydrogens (tertiary/aromatic N) is 1. The maximum Gasteiger partial charge on any atom is 0.269 e. The minimum atomic E-state index is -0.544. The lowest BCUT2D eigenvalue weighted by Gasteiger charge is -2.13. The van der Waals surface area contributed by atoms with Crippen LogP contribution in [0.4, 0.5) is 5.69 Å². The number of benzene rings is 1. The Balaban J connectivity index is 2.31. The quantitative estimate of drug-likeness (QED) is 0.335. The third kappa shape index (κ3) is 7.01. The molecule has 4 N–H and O–H groups in total. The largest absolute Gasteiger partial charge is 0.359 e. The van der Waals surface area contributed by atoms with Gasteiger partial charge in [-0.1, -0.05) is 0 Å². The first-order valence-corrected chi connectivity index (χ1v) is 7.58. The van der Waals surface area contributed by atoms with E-state index in [0.717, 1.165) is 0 Å². The van der Waals surface area contributed by atoms with Gasteiger partial charge in [0.05, 0.1) is 4.92 Å². The zero-order chi connectivity index (χ0) is 18.1. The van der Waals surface area contributed by atoms with Crippen molar-refractivity contribution < 1.29 is 14.5 Å². The highest BCUT2D eigenvalue weighted by atomic mass is 32.1. The first-order valence-electron chi connectivity index (χ1n) is 7.17. The summed E-state index contributed by atoms with van der Waals surface area (Å²) in [6, 6.07) is 5.33. The topological polar surface area (TPSA) is 125 Å². The van der Waals surface area contributed by atoms with E-state index in [9.17, 15) is 19.7 Å². The van der Waals surface area contributed by atoms with Crippen molar-refractivity contribution in [2.45, 2.75) is 26.3 Å². The van der Waals surface area contributed by atoms with E-state index in [-0.39, 0.29) is 36.2 Å². The molecule has 0 atom stereocenters. The molecule has 1 rings (SSSR count). The third-order valence-electron chi connectivity index (χ3n) is 2.71. The van der Waals surface area contributed by atoms with Gasteiger partial charge < -0.3 is 10.6 Å². The Labute approximate surface area is 144 Å². The van der Waals surface area contributed by atoms with Crippen LogP contribution in [0, 0.1) is 10.1 Å². The van der Waals surface area contributed by atoms with E-state index in [1.165, 1.54) is 24.3 Å². The van der Waals surface area contributed by atoms with Crippen molar-refractivity contribution in [3.8, 4) is 0 Å². The molecule has 0 saturated heterocycles. The third-order valence-corrected chi connectivity index (χ3v) is 2.93. The number of nitro benzene ring substituents is 1. The van der Waals surface area contributed by atoms with Crippen LogP contribution in [0.5, 0.6) is 0 Å². The summed E-state index contributed by atoms with van der Waals surface area (Å²) < 4.78 is 0. The molecule has 0 aliphatic heterocycles. The number of carbonyl (C=O) groups excluding carboxylic acids is 2. The number of hydrogen-bond acceptors (Lipinski definition) is 5. The van der Waals surface area contributed by atoms with E-state index in [1.54, 1.807) is 0 Å². The lowest BCUT2D eigenvalue weighted by molar-refractivity contribution is -0.384. The molecule has 130 valence electrons. The number of non-ortho nitro benzene ring substituents is 1. The number of hydrazine groups is 1. The van der Waals surface area contributed by atoms with E-state index < -0.39 is 10.8 Å². The number of amides is 2. The van der Waals surface area contributed by atoms with Crippen molar-refractivity contribution in [2.24, 2.45) is 0 Å². The fraction of sp³-hybridized carbons (Fsp3) is 0.357. The summed E-state index contributed by atoms with van der Waals surface area (Å²) in [5, 5.41) is 16.3. The Morgan fingerprint density at radius 3 is 2.38 bits per heavy atom. The number of hydrogen-bond donors (Lipinski definition) is 4. The first-order chi connectivity index (χ1) is 11.3. The fourth-order valence-corrected chi connectivity index (χ4v) is 1.90. The van der Waals surface area contributed by atoms with Crippen molar-refractivity contribution in [1.29, 1.82) is 0 Å². The molecule has 0 radical (unpaired) electrons. The molecule has 24 heavy (non-hydrogen) atoms. The molecule has 0 fully saturated rings. The Bertz CT molecular complexity index is 618. The van der Waals surface area contributed by atoms with Gasteiger partial charge in [0.15, 0.2) is 5.11 Å². The maximum atomic E-state index is 11.8. The average Bonchev–Trinajstić information content (AvgIpc) is 2.52. The van der Waals surface area contributed by atoms with Crippen molar-refractivity contribution in [2.75, 3.05) is 6.54 Å². The molecular formula is C14H19N5O4S. The van der Waals surface area contributed by atoms with Crippen LogP contribution in [0.15, 0.2) is 24.3 Å². The number of thiocarbonyl (C=S) groups is 1. The molecule has 0 spiro atoms. The Kier molecular flexibility index (Phi) is 7.56. The smallest absolute Gasteiger partial charge is 0.269 e. The van der Waals surface area contributed by atoms with Crippen LogP contribution in [0.1, 0.15) is 30.6 Å². The summed E-state index contributed by atoms with van der Waals surface area (Å²) in [5.41, 5.74) is 5.13. The molecule has 0 heterocycles. The van der Waals surface area contributed by atoms with Gasteiger partial charge in [0, 0.05) is 36.7 Å². The van der Waals surface area contributed by atoms with Crippen LogP contribution in [-0.2, 0) is 4.79 Å². The van der Waals surface area contributed by atoms with Gasteiger partial charge in [-0.2, -0.15) is 0 Å². The Hall–Kier alpha value is -2.75. The number of rotatable bonds is 6. The van der Waals surface area contributed by atoms with E-state index in [0.29, 0.717) is 5.11 Å². The van der Waals surface area contributed by atoms with E-state index in [1.807, 2.05) is 13.8 Å². The first kappa shape index (κ1) is 19.3. The monoisotopic (exact) mass is 353 g/mol. The Morgan fingerprint density at radius 2 is 1.83 bits per heavy atom. The second-order valence-corrected chi connectivity index (χ2v) is 5.52. The minimum absolute atomic E-state index is 0.0516. The molecular weight excluding hydrogens is 334 g/mol. The Morgan fingerprint density at radius 1 is 1.21 bits per heavy atom. The standard InChI is InChI=1S/C14H19N5O4S/c1-9(2)16-14(24)18-17-12(20)7-8-15-13(21)10-3-5-11(6-4-10)19(22)23/h3-6,9H,7-8H2,1-2H3,(H,15,21)(H,17,20)(H2,16,18,24). The van der Waals surface area contributed by atoms with E-state index >= 15 is 0 Å². The molecule has 0 bridgehead atoms. The summed E-state index contributed by atoms with van der Waals surface area (Å²) in [7, 11) is 0. The zero-order valence-electron chi connectivity index (χ0n) is 13.3. The molecule has 1 aromatic rings. The van der Waals surface area contributed by atoms with Gasteiger partial charge in [0.25, 0.3) is 11.6 Å². The molecule has 0 unspecified atom stereocenters. The second-order valence-electron chi connectivity index (χ2n) is 5.11. The average molecular weight is 353 g/mol. The molecule has 0 saturated carbocycles. The summed E-state index contributed by atoms with van der Waals surface area (Å²) in [6.07, 6.45) is 0.0516. The van der Waals surface area contributed by atoms with Gasteiger partial charge >= 0.3 is 0 Å². The molecule has 1 aromatic carbocycles. The number of nitro groups is 1. The van der Waals surface area contributed by atoms with Gasteiger partial charge in [-0.3, -0.25) is 30.6 Å². The lowest BCUT2D eigenvalue weighted by Crippen LogP contribution is -2.49. The molecule has 0 aliphatic rings. The lowest BCUT2D eigenvalue weighted by atomic mass is 10.2. The van der Waals surface area contributed by atoms with Crippen molar-refractivity contribution in [3.63, 3.8) is 0 Å². The predicted molar refractivity (Wildman–Crippen MR) is 92.2 cm³/mol. The van der Waals surface area contributed by atoms with Crippen LogP contribution in [-0.4, -0.2) is 34.4 Å². The SMILES string of the molecule is CC(C)NC(=S)NNC(=O)CCNC(=O)c1ccc([N+](=O)[O-])cc1. The molecule has 2 amide bonds. The van der Waals surface area contributed by atoms with E-state index in [4.69, 9.17) is 12.2 Å². The van der Waals surface area contributed by atoms with Gasteiger partial charge in [-0.15, -0.1) is 0 Å². The molecule has 9 nitrogen and oxygen atoms in total. The van der Waals surface area contributed by atoms with Gasteiger partial charge in [-0.05, 0) is 38.2 Å². The number of nitrogens with one attached hydrogen (secondary N) is 4. The molecule has 0 aromatic heterocycles. The van der Waals surface area contributed by atoms with Crippen LogP contribution in [0.25, 0.3) is 0 Å². The van der Waals surface area contributed by atoms with Crippen molar-refractivity contribution >= 4 is 34.8 Å². The number of carbonyl (C=O) groups is 2. The summed E-state index contributed by atoms with van der Waals surface area (Å²) in [5.74, 6) is -0.755. The van der Waals surface area contributed by atoms with Gasteiger partial charge in [0.1, 0.15) is 0 Å². The van der Waals surface area contributed by atoms with Gasteiger partial charge in [0.2, 0.25) is 5.91 Å². The normalized spacial score (nSPS) is 9.96. The highest BCUT2D eigenvalue weighted by molar-refractivity contribution is 7.80. The second kappa shape index (κ2) is 9.40. The van der Waals surface area contributed by atoms with Crippen LogP contribution < -0.4 is 21.5 Å². The molecule has 0 aliphatic carbocycles. The van der Waals surface area contributed by atoms with Crippen molar-refractivity contribution in [3.05, 3.63) is 39.9 Å². The zero-order valence-corrected chi connectivity index (χ0v) is 14.1. The van der Waals surface area contributed by atoms with Crippen LogP contribution in [0.3, 0.4) is 0 Å². The summed E-state index contributed by atoms with van der Waals surface area (Å²) >= 11 is 4.94. The van der Waals surface area contributed by atoms with E-state index in [2.05, 4.69) is 21.5 Å². The molecule has 10 heteroatoms. The maximum absolute atomic E-state index is 11.8.